The van der Waals surface area contributed by atoms with Gasteiger partial charge in [-0.25, -0.2) is 17.2 Å². The monoisotopic (exact) mass is 552 g/mol. The summed E-state index contributed by atoms with van der Waals surface area (Å²) in [5, 5.41) is 10.4. The molecule has 9 heteroatoms. The maximum atomic E-state index is 13.6. The van der Waals surface area contributed by atoms with Gasteiger partial charge < -0.3 is 15.7 Å². The Kier molecular flexibility index (Phi) is 12.8. The highest BCUT2D eigenvalue weighted by atomic mass is 32.2. The van der Waals surface area contributed by atoms with Gasteiger partial charge in [0.15, 0.2) is 9.84 Å². The molecule has 2 aromatic carbocycles. The first-order valence-corrected chi connectivity index (χ1v) is 15.2. The molecule has 0 heterocycles. The van der Waals surface area contributed by atoms with Gasteiger partial charge in [-0.3, -0.25) is 4.79 Å². The fourth-order valence-electron chi connectivity index (χ4n) is 4.62. The smallest absolute Gasteiger partial charge is 0.223 e. The third-order valence-corrected chi connectivity index (χ3v) is 9.01. The number of aryl methyl sites for hydroxylation is 1. The summed E-state index contributed by atoms with van der Waals surface area (Å²) in [6, 6.07) is 9.89. The molecule has 38 heavy (non-hydrogen) atoms. The van der Waals surface area contributed by atoms with Crippen molar-refractivity contribution in [3.63, 3.8) is 0 Å². The molecule has 0 fully saturated rings. The molecule has 2 rings (SSSR count). The van der Waals surface area contributed by atoms with Crippen LogP contribution in [0.15, 0.2) is 42.5 Å². The van der Waals surface area contributed by atoms with Gasteiger partial charge in [-0.2, -0.15) is 0 Å². The molecular weight excluding hydrogens is 510 g/mol. The number of hydrogen-bond donors (Lipinski definition) is 2. The van der Waals surface area contributed by atoms with E-state index in [1.54, 1.807) is 0 Å². The van der Waals surface area contributed by atoms with Crippen LogP contribution in [0, 0.1) is 11.6 Å². The number of halogens is 2. The maximum Gasteiger partial charge on any atom is 0.223 e. The van der Waals surface area contributed by atoms with Gasteiger partial charge in [0.1, 0.15) is 11.6 Å². The summed E-state index contributed by atoms with van der Waals surface area (Å²) >= 11 is 0. The van der Waals surface area contributed by atoms with E-state index in [2.05, 4.69) is 0 Å². The minimum Gasteiger partial charge on any atom is -0.390 e. The lowest BCUT2D eigenvalue weighted by Crippen LogP contribution is -2.46. The Hall–Kier alpha value is -2.36. The highest BCUT2D eigenvalue weighted by molar-refractivity contribution is 7.92. The minimum absolute atomic E-state index is 0.00723. The zero-order valence-corrected chi connectivity index (χ0v) is 23.5. The Morgan fingerprint density at radius 2 is 1.58 bits per heavy atom. The van der Waals surface area contributed by atoms with Crippen molar-refractivity contribution in [2.75, 3.05) is 12.3 Å². The number of rotatable bonds is 16. The highest BCUT2D eigenvalue weighted by Gasteiger charge is 2.28. The lowest BCUT2D eigenvalue weighted by molar-refractivity contribution is -0.133. The number of aliphatic hydroxyl groups is 1. The van der Waals surface area contributed by atoms with Crippen molar-refractivity contribution in [1.82, 2.24) is 4.90 Å². The summed E-state index contributed by atoms with van der Waals surface area (Å²) in [6.07, 6.45) is 2.05. The van der Waals surface area contributed by atoms with E-state index in [-0.39, 0.29) is 31.7 Å². The van der Waals surface area contributed by atoms with Crippen LogP contribution in [0.5, 0.6) is 0 Å². The number of carbonyl (C=O) groups is 1. The van der Waals surface area contributed by atoms with Gasteiger partial charge >= 0.3 is 0 Å². The minimum atomic E-state index is -3.46. The van der Waals surface area contributed by atoms with Crippen molar-refractivity contribution in [1.29, 1.82) is 0 Å². The van der Waals surface area contributed by atoms with Crippen LogP contribution in [0.25, 0.3) is 0 Å². The molecule has 0 saturated heterocycles. The van der Waals surface area contributed by atoms with Crippen LogP contribution < -0.4 is 5.73 Å². The van der Waals surface area contributed by atoms with Gasteiger partial charge in [-0.05, 0) is 54.5 Å². The zero-order valence-electron chi connectivity index (χ0n) is 22.7. The molecule has 0 aliphatic carbocycles. The Labute approximate surface area is 226 Å². The second-order valence-electron chi connectivity index (χ2n) is 9.98. The summed E-state index contributed by atoms with van der Waals surface area (Å²) in [5.41, 5.74) is 8.39. The molecule has 1 amide bonds. The van der Waals surface area contributed by atoms with E-state index in [0.717, 1.165) is 48.6 Å². The molecule has 212 valence electrons. The summed E-state index contributed by atoms with van der Waals surface area (Å²) in [6.45, 7) is 5.95. The first kappa shape index (κ1) is 31.9. The average Bonchev–Trinajstić information content (AvgIpc) is 2.86. The maximum absolute atomic E-state index is 13.6. The van der Waals surface area contributed by atoms with E-state index in [4.69, 9.17) is 5.73 Å². The summed E-state index contributed by atoms with van der Waals surface area (Å²) in [7, 11) is -3.46. The molecule has 2 unspecified atom stereocenters. The molecule has 3 N–H and O–H groups in total. The quantitative estimate of drug-likeness (QED) is 0.318. The normalized spacial score (nSPS) is 13.5. The molecule has 0 aliphatic heterocycles. The Morgan fingerprint density at radius 3 is 2.16 bits per heavy atom. The Bertz CT molecular complexity index is 1120. The predicted octanol–water partition coefficient (Wildman–Crippen LogP) is 4.56. The number of nitrogens with zero attached hydrogens (tertiary/aromatic N) is 1. The molecule has 0 saturated carbocycles. The van der Waals surface area contributed by atoms with E-state index in [1.807, 2.05) is 45.0 Å². The zero-order chi connectivity index (χ0) is 28.3. The van der Waals surface area contributed by atoms with Gasteiger partial charge in [0.05, 0.1) is 17.1 Å². The number of carbonyl (C=O) groups excluding carboxylic acids is 1. The number of amides is 1. The van der Waals surface area contributed by atoms with Gasteiger partial charge in [-0.15, -0.1) is 0 Å². The SMILES string of the molecule is CCCC(CCC)S(=O)(=O)CCC(=O)N(Cc1cccc(CC)c1)CC(O)C(N)Cc1cc(F)cc(F)c1. The van der Waals surface area contributed by atoms with Gasteiger partial charge in [0.2, 0.25) is 5.91 Å². The second-order valence-corrected chi connectivity index (χ2v) is 12.4. The van der Waals surface area contributed by atoms with Crippen LogP contribution in [0.2, 0.25) is 0 Å². The fraction of sp³-hybridized carbons (Fsp3) is 0.552. The molecule has 6 nitrogen and oxygen atoms in total. The van der Waals surface area contributed by atoms with Crippen molar-refractivity contribution in [3.8, 4) is 0 Å². The van der Waals surface area contributed by atoms with E-state index in [0.29, 0.717) is 18.4 Å². The van der Waals surface area contributed by atoms with E-state index in [1.165, 1.54) is 4.90 Å². The fourth-order valence-corrected chi connectivity index (χ4v) is 6.60. The Balaban J connectivity index is 2.18. The third kappa shape index (κ3) is 10.1. The molecule has 0 aliphatic rings. The first-order chi connectivity index (χ1) is 18.0. The van der Waals surface area contributed by atoms with Crippen LogP contribution in [0.3, 0.4) is 0 Å². The number of aliphatic hydroxyl groups excluding tert-OH is 1. The lowest BCUT2D eigenvalue weighted by atomic mass is 10.0. The van der Waals surface area contributed by atoms with Crippen LogP contribution >= 0.6 is 0 Å². The third-order valence-electron chi connectivity index (χ3n) is 6.75. The van der Waals surface area contributed by atoms with Gasteiger partial charge in [0, 0.05) is 31.6 Å². The topological polar surface area (TPSA) is 101 Å². The molecule has 0 radical (unpaired) electrons. The predicted molar refractivity (Wildman–Crippen MR) is 147 cm³/mol. The first-order valence-electron chi connectivity index (χ1n) is 13.4. The van der Waals surface area contributed by atoms with Gasteiger partial charge in [-0.1, -0.05) is 57.9 Å². The summed E-state index contributed by atoms with van der Waals surface area (Å²) in [5.74, 6) is -2.13. The largest absolute Gasteiger partial charge is 0.390 e. The lowest BCUT2D eigenvalue weighted by Gasteiger charge is -2.29. The van der Waals surface area contributed by atoms with Crippen molar-refractivity contribution < 1.29 is 27.1 Å². The molecule has 0 spiro atoms. The average molecular weight is 553 g/mol. The molecular formula is C29H42F2N2O4S. The van der Waals surface area contributed by atoms with Crippen LogP contribution in [0.4, 0.5) is 8.78 Å². The number of nitrogens with two attached hydrogens (primary N) is 1. The van der Waals surface area contributed by atoms with Crippen molar-refractivity contribution in [2.24, 2.45) is 5.73 Å². The van der Waals surface area contributed by atoms with Crippen LogP contribution in [-0.4, -0.2) is 54.0 Å². The summed E-state index contributed by atoms with van der Waals surface area (Å²) in [4.78, 5) is 14.7. The van der Waals surface area contributed by atoms with Gasteiger partial charge in [0.25, 0.3) is 0 Å². The van der Waals surface area contributed by atoms with Crippen molar-refractivity contribution in [3.05, 3.63) is 70.8 Å². The van der Waals surface area contributed by atoms with E-state index in [9.17, 15) is 27.1 Å². The van der Waals surface area contributed by atoms with Crippen LogP contribution in [0.1, 0.15) is 69.6 Å². The molecule has 2 aromatic rings. The number of hydrogen-bond acceptors (Lipinski definition) is 5. The standard InChI is InChI=1S/C29H42F2N2O4S/c1-4-8-26(9-5-2)38(36,37)13-12-29(35)33(19-22-11-7-10-21(6-3)14-22)20-28(34)27(32)17-23-15-24(30)18-25(31)16-23/h7,10-11,14-16,18,26-28,34H,4-6,8-9,12-13,17,19-20,32H2,1-3H3. The molecule has 0 aromatic heterocycles. The Morgan fingerprint density at radius 1 is 0.974 bits per heavy atom. The van der Waals surface area contributed by atoms with Crippen molar-refractivity contribution in [2.45, 2.75) is 89.7 Å². The van der Waals surface area contributed by atoms with E-state index >= 15 is 0 Å². The van der Waals surface area contributed by atoms with Crippen LogP contribution in [-0.2, 0) is 34.0 Å². The molecule has 2 atom stereocenters. The second kappa shape index (κ2) is 15.3. The van der Waals surface area contributed by atoms with Crippen molar-refractivity contribution >= 4 is 15.7 Å². The van der Waals surface area contributed by atoms with E-state index < -0.39 is 44.8 Å². The number of benzene rings is 2. The highest BCUT2D eigenvalue weighted by Crippen LogP contribution is 2.18. The number of sulfone groups is 1. The molecule has 0 bridgehead atoms. The summed E-state index contributed by atoms with van der Waals surface area (Å²) < 4.78 is 53.1.